The Kier molecular flexibility index (Phi) is 2.56. The summed E-state index contributed by atoms with van der Waals surface area (Å²) in [6.45, 7) is 1.90. The molecule has 1 aliphatic heterocycles. The lowest BCUT2D eigenvalue weighted by molar-refractivity contribution is -0.119. The highest BCUT2D eigenvalue weighted by Crippen LogP contribution is 2.40. The first-order chi connectivity index (χ1) is 8.81. The van der Waals surface area contributed by atoms with Crippen molar-refractivity contribution >= 4 is 0 Å². The van der Waals surface area contributed by atoms with Gasteiger partial charge in [0, 0.05) is 11.1 Å². The van der Waals surface area contributed by atoms with Crippen LogP contribution in [0.5, 0.6) is 0 Å². The van der Waals surface area contributed by atoms with E-state index < -0.39 is 5.79 Å². The van der Waals surface area contributed by atoms with E-state index in [4.69, 9.17) is 9.47 Å². The summed E-state index contributed by atoms with van der Waals surface area (Å²) >= 11 is 0. The van der Waals surface area contributed by atoms with Crippen molar-refractivity contribution in [2.45, 2.75) is 12.7 Å². The monoisotopic (exact) mass is 238 g/mol. The first-order valence-corrected chi connectivity index (χ1v) is 5.96. The fourth-order valence-corrected chi connectivity index (χ4v) is 2.18. The molecule has 0 saturated heterocycles. The maximum absolute atomic E-state index is 5.96. The number of benzene rings is 2. The van der Waals surface area contributed by atoms with Crippen molar-refractivity contribution < 1.29 is 9.47 Å². The summed E-state index contributed by atoms with van der Waals surface area (Å²) in [7, 11) is 0. The van der Waals surface area contributed by atoms with E-state index in [1.165, 1.54) is 0 Å². The Balaban J connectivity index is 2.12. The van der Waals surface area contributed by atoms with Gasteiger partial charge in [-0.2, -0.15) is 0 Å². The van der Waals surface area contributed by atoms with Crippen LogP contribution in [0.25, 0.3) is 0 Å². The molecule has 2 nitrogen and oxygen atoms in total. The Morgan fingerprint density at radius 2 is 1.28 bits per heavy atom. The largest absolute Gasteiger partial charge is 0.449 e. The third-order valence-electron chi connectivity index (χ3n) is 3.00. The van der Waals surface area contributed by atoms with E-state index >= 15 is 0 Å². The predicted molar refractivity (Wildman–Crippen MR) is 69.6 cm³/mol. The lowest BCUT2D eigenvalue weighted by Crippen LogP contribution is -2.28. The van der Waals surface area contributed by atoms with Crippen LogP contribution >= 0.6 is 0 Å². The van der Waals surface area contributed by atoms with Crippen molar-refractivity contribution in [1.82, 2.24) is 0 Å². The van der Waals surface area contributed by atoms with E-state index in [1.807, 2.05) is 67.6 Å². The third kappa shape index (κ3) is 1.66. The Labute approximate surface area is 106 Å². The summed E-state index contributed by atoms with van der Waals surface area (Å²) in [6.07, 6.45) is 1.67. The molecule has 0 bridgehead atoms. The van der Waals surface area contributed by atoms with Gasteiger partial charge in [0.05, 0.1) is 0 Å². The standard InChI is InChI=1S/C16H14O2/c1-13-12-17-16(18-13,14-8-4-2-5-9-14)15-10-6-3-7-11-15/h2-12H,1H3. The van der Waals surface area contributed by atoms with Gasteiger partial charge < -0.3 is 9.47 Å². The highest BCUT2D eigenvalue weighted by Gasteiger charge is 2.41. The molecule has 1 aliphatic rings. The fraction of sp³-hybridized carbons (Fsp3) is 0.125. The average Bonchev–Trinajstić information content (AvgIpc) is 2.84. The first kappa shape index (κ1) is 10.9. The van der Waals surface area contributed by atoms with E-state index in [1.54, 1.807) is 6.26 Å². The number of hydrogen-bond acceptors (Lipinski definition) is 2. The molecular weight excluding hydrogens is 224 g/mol. The van der Waals surface area contributed by atoms with Crippen LogP contribution in [0.3, 0.4) is 0 Å². The molecule has 0 fully saturated rings. The topological polar surface area (TPSA) is 18.5 Å². The van der Waals surface area contributed by atoms with Gasteiger partial charge in [0.25, 0.3) is 0 Å². The van der Waals surface area contributed by atoms with Crippen LogP contribution < -0.4 is 0 Å². The molecule has 18 heavy (non-hydrogen) atoms. The second kappa shape index (κ2) is 4.22. The molecule has 0 N–H and O–H groups in total. The molecule has 90 valence electrons. The fourth-order valence-electron chi connectivity index (χ4n) is 2.18. The number of ether oxygens (including phenoxy) is 2. The minimum Gasteiger partial charge on any atom is -0.449 e. The van der Waals surface area contributed by atoms with E-state index in [2.05, 4.69) is 0 Å². The van der Waals surface area contributed by atoms with Crippen molar-refractivity contribution in [3.8, 4) is 0 Å². The van der Waals surface area contributed by atoms with Crippen LogP contribution in [0.2, 0.25) is 0 Å². The lowest BCUT2D eigenvalue weighted by Gasteiger charge is -2.29. The minimum atomic E-state index is -0.841. The number of rotatable bonds is 2. The van der Waals surface area contributed by atoms with E-state index in [0.717, 1.165) is 16.9 Å². The van der Waals surface area contributed by atoms with Gasteiger partial charge in [-0.25, -0.2) is 0 Å². The summed E-state index contributed by atoms with van der Waals surface area (Å²) in [4.78, 5) is 0. The number of allylic oxidation sites excluding steroid dienone is 1. The minimum absolute atomic E-state index is 0.780. The molecule has 3 rings (SSSR count). The van der Waals surface area contributed by atoms with Crippen LogP contribution in [0.15, 0.2) is 72.7 Å². The van der Waals surface area contributed by atoms with Gasteiger partial charge >= 0.3 is 5.79 Å². The summed E-state index contributed by atoms with van der Waals surface area (Å²) in [6, 6.07) is 20.0. The summed E-state index contributed by atoms with van der Waals surface area (Å²) in [5.41, 5.74) is 1.98. The van der Waals surface area contributed by atoms with E-state index in [-0.39, 0.29) is 0 Å². The second-order valence-corrected chi connectivity index (χ2v) is 4.30. The zero-order valence-corrected chi connectivity index (χ0v) is 10.2. The van der Waals surface area contributed by atoms with Crippen LogP contribution in [0.4, 0.5) is 0 Å². The van der Waals surface area contributed by atoms with Gasteiger partial charge in [-0.1, -0.05) is 60.7 Å². The second-order valence-electron chi connectivity index (χ2n) is 4.30. The van der Waals surface area contributed by atoms with Gasteiger partial charge in [-0.3, -0.25) is 0 Å². The Bertz CT molecular complexity index is 519. The highest BCUT2D eigenvalue weighted by molar-refractivity contribution is 5.35. The molecule has 0 atom stereocenters. The molecule has 2 aromatic rings. The molecule has 2 heteroatoms. The van der Waals surface area contributed by atoms with Gasteiger partial charge in [0.1, 0.15) is 12.0 Å². The third-order valence-corrected chi connectivity index (χ3v) is 3.00. The molecule has 0 aliphatic carbocycles. The van der Waals surface area contributed by atoms with Crippen molar-refractivity contribution in [3.63, 3.8) is 0 Å². The highest BCUT2D eigenvalue weighted by atomic mass is 16.7. The molecule has 0 aromatic heterocycles. The predicted octanol–water partition coefficient (Wildman–Crippen LogP) is 3.80. The van der Waals surface area contributed by atoms with Crippen molar-refractivity contribution in [2.75, 3.05) is 0 Å². The molecule has 0 radical (unpaired) electrons. The van der Waals surface area contributed by atoms with Gasteiger partial charge in [-0.15, -0.1) is 0 Å². The quantitative estimate of drug-likeness (QED) is 0.792. The maximum Gasteiger partial charge on any atom is 0.304 e. The van der Waals surface area contributed by atoms with Crippen molar-refractivity contribution in [1.29, 1.82) is 0 Å². The smallest absolute Gasteiger partial charge is 0.304 e. The molecule has 0 spiro atoms. The first-order valence-electron chi connectivity index (χ1n) is 5.96. The zero-order chi connectivity index (χ0) is 12.4. The summed E-state index contributed by atoms with van der Waals surface area (Å²) in [5, 5.41) is 0. The van der Waals surface area contributed by atoms with Crippen LogP contribution in [0, 0.1) is 0 Å². The zero-order valence-electron chi connectivity index (χ0n) is 10.2. The van der Waals surface area contributed by atoms with Crippen LogP contribution in [-0.2, 0) is 15.3 Å². The van der Waals surface area contributed by atoms with Crippen molar-refractivity contribution in [2.24, 2.45) is 0 Å². The maximum atomic E-state index is 5.96. The van der Waals surface area contributed by atoms with E-state index in [0.29, 0.717) is 0 Å². The molecule has 0 unspecified atom stereocenters. The van der Waals surface area contributed by atoms with Gasteiger partial charge in [0.2, 0.25) is 0 Å². The summed E-state index contributed by atoms with van der Waals surface area (Å²) < 4.78 is 11.8. The molecule has 2 aromatic carbocycles. The molecular formula is C16H14O2. The SMILES string of the molecule is CC1=COC(c2ccccc2)(c2ccccc2)O1. The lowest BCUT2D eigenvalue weighted by atomic mass is 9.97. The van der Waals surface area contributed by atoms with Crippen LogP contribution in [-0.4, -0.2) is 0 Å². The van der Waals surface area contributed by atoms with Gasteiger partial charge in [-0.05, 0) is 6.92 Å². The normalized spacial score (nSPS) is 16.6. The van der Waals surface area contributed by atoms with Crippen molar-refractivity contribution in [3.05, 3.63) is 83.8 Å². The molecule has 1 heterocycles. The average molecular weight is 238 g/mol. The molecule has 0 saturated carbocycles. The Morgan fingerprint density at radius 1 is 0.778 bits per heavy atom. The van der Waals surface area contributed by atoms with E-state index in [9.17, 15) is 0 Å². The van der Waals surface area contributed by atoms with Crippen LogP contribution in [0.1, 0.15) is 18.1 Å². The Morgan fingerprint density at radius 3 is 1.67 bits per heavy atom. The Hall–Kier alpha value is -2.22. The molecule has 0 amide bonds. The van der Waals surface area contributed by atoms with Gasteiger partial charge in [0.15, 0.2) is 0 Å². The summed E-state index contributed by atoms with van der Waals surface area (Å²) in [5.74, 6) is -0.0604. The number of hydrogen-bond donors (Lipinski definition) is 0.